The highest BCUT2D eigenvalue weighted by atomic mass is 16.4. The lowest BCUT2D eigenvalue weighted by molar-refractivity contribution is 0.0696. The predicted molar refractivity (Wildman–Crippen MR) is 61.7 cm³/mol. The van der Waals surface area contributed by atoms with E-state index in [2.05, 4.69) is 5.10 Å². The summed E-state index contributed by atoms with van der Waals surface area (Å²) in [6.45, 7) is 3.51. The van der Waals surface area contributed by atoms with Gasteiger partial charge in [0.1, 0.15) is 17.0 Å². The van der Waals surface area contributed by atoms with Gasteiger partial charge in [-0.15, -0.1) is 0 Å². The zero-order valence-corrected chi connectivity index (χ0v) is 9.51. The number of aryl methyl sites for hydroxylation is 1. The standard InChI is InChI=1S/C12H12N2O3/c1-7-3-4-10(11(15)5-7)14-8(2)9(6-13-14)12(16)17/h3-6,15H,1-2H3,(H,16,17). The topological polar surface area (TPSA) is 75.4 Å². The van der Waals surface area contributed by atoms with E-state index >= 15 is 0 Å². The summed E-state index contributed by atoms with van der Waals surface area (Å²) in [7, 11) is 0. The van der Waals surface area contributed by atoms with Crippen molar-refractivity contribution in [1.82, 2.24) is 9.78 Å². The van der Waals surface area contributed by atoms with Gasteiger partial charge in [-0.05, 0) is 31.5 Å². The van der Waals surface area contributed by atoms with Gasteiger partial charge in [0.25, 0.3) is 0 Å². The quantitative estimate of drug-likeness (QED) is 0.829. The molecule has 0 radical (unpaired) electrons. The van der Waals surface area contributed by atoms with Crippen molar-refractivity contribution >= 4 is 5.97 Å². The van der Waals surface area contributed by atoms with Gasteiger partial charge in [-0.25, -0.2) is 9.48 Å². The minimum atomic E-state index is -1.03. The molecule has 88 valence electrons. The molecule has 0 fully saturated rings. The summed E-state index contributed by atoms with van der Waals surface area (Å²) in [5, 5.41) is 22.7. The number of aromatic carboxylic acids is 1. The molecule has 17 heavy (non-hydrogen) atoms. The maximum absolute atomic E-state index is 10.9. The van der Waals surface area contributed by atoms with Crippen molar-refractivity contribution in [2.75, 3.05) is 0 Å². The lowest BCUT2D eigenvalue weighted by Gasteiger charge is -2.07. The number of aromatic nitrogens is 2. The van der Waals surface area contributed by atoms with E-state index in [1.54, 1.807) is 19.1 Å². The van der Waals surface area contributed by atoms with Crippen molar-refractivity contribution in [2.45, 2.75) is 13.8 Å². The van der Waals surface area contributed by atoms with Crippen LogP contribution in [0.5, 0.6) is 5.75 Å². The van der Waals surface area contributed by atoms with E-state index in [0.29, 0.717) is 11.4 Å². The Balaban J connectivity index is 2.57. The van der Waals surface area contributed by atoms with Crippen molar-refractivity contribution in [3.63, 3.8) is 0 Å². The number of hydrogen-bond donors (Lipinski definition) is 2. The van der Waals surface area contributed by atoms with Gasteiger partial charge in [-0.1, -0.05) is 6.07 Å². The van der Waals surface area contributed by atoms with Crippen LogP contribution in [-0.2, 0) is 0 Å². The molecule has 0 aliphatic heterocycles. The van der Waals surface area contributed by atoms with Crippen molar-refractivity contribution in [3.05, 3.63) is 41.2 Å². The summed E-state index contributed by atoms with van der Waals surface area (Å²) in [4.78, 5) is 10.9. The third-order valence-corrected chi connectivity index (χ3v) is 2.60. The highest BCUT2D eigenvalue weighted by Crippen LogP contribution is 2.24. The van der Waals surface area contributed by atoms with Crippen LogP contribution < -0.4 is 0 Å². The summed E-state index contributed by atoms with van der Waals surface area (Å²) >= 11 is 0. The molecule has 1 aromatic heterocycles. The van der Waals surface area contributed by atoms with Gasteiger partial charge in [0.2, 0.25) is 0 Å². The Morgan fingerprint density at radius 1 is 1.35 bits per heavy atom. The fourth-order valence-corrected chi connectivity index (χ4v) is 1.68. The Morgan fingerprint density at radius 3 is 2.59 bits per heavy atom. The lowest BCUT2D eigenvalue weighted by Crippen LogP contribution is -2.02. The summed E-state index contributed by atoms with van der Waals surface area (Å²) in [5.74, 6) is -0.950. The van der Waals surface area contributed by atoms with Crippen LogP contribution in [0.15, 0.2) is 24.4 Å². The Bertz CT molecular complexity index is 587. The third-order valence-electron chi connectivity index (χ3n) is 2.60. The van der Waals surface area contributed by atoms with Crippen LogP contribution >= 0.6 is 0 Å². The Labute approximate surface area is 97.9 Å². The van der Waals surface area contributed by atoms with Crippen LogP contribution in [0.25, 0.3) is 5.69 Å². The largest absolute Gasteiger partial charge is 0.506 e. The van der Waals surface area contributed by atoms with Gasteiger partial charge >= 0.3 is 5.97 Å². The number of nitrogens with zero attached hydrogens (tertiary/aromatic N) is 2. The maximum Gasteiger partial charge on any atom is 0.339 e. The minimum absolute atomic E-state index is 0.0770. The van der Waals surface area contributed by atoms with E-state index in [1.807, 2.05) is 13.0 Å². The molecule has 0 aliphatic carbocycles. The SMILES string of the molecule is Cc1ccc(-n2ncc(C(=O)O)c2C)c(O)c1. The number of benzene rings is 1. The fourth-order valence-electron chi connectivity index (χ4n) is 1.68. The van der Waals surface area contributed by atoms with E-state index in [1.165, 1.54) is 10.9 Å². The van der Waals surface area contributed by atoms with E-state index in [-0.39, 0.29) is 11.3 Å². The first-order valence-corrected chi connectivity index (χ1v) is 5.08. The number of rotatable bonds is 2. The van der Waals surface area contributed by atoms with Crippen molar-refractivity contribution in [1.29, 1.82) is 0 Å². The Kier molecular flexibility index (Phi) is 2.59. The molecule has 5 heteroatoms. The van der Waals surface area contributed by atoms with Crippen molar-refractivity contribution in [3.8, 4) is 11.4 Å². The summed E-state index contributed by atoms with van der Waals surface area (Å²) in [6.07, 6.45) is 1.27. The van der Waals surface area contributed by atoms with Crippen LogP contribution in [0.1, 0.15) is 21.6 Å². The van der Waals surface area contributed by atoms with E-state index in [4.69, 9.17) is 5.11 Å². The van der Waals surface area contributed by atoms with Crippen LogP contribution in [0.4, 0.5) is 0 Å². The summed E-state index contributed by atoms with van der Waals surface area (Å²) in [6, 6.07) is 5.14. The van der Waals surface area contributed by atoms with Crippen LogP contribution in [0, 0.1) is 13.8 Å². The van der Waals surface area contributed by atoms with Crippen LogP contribution in [0.2, 0.25) is 0 Å². The zero-order chi connectivity index (χ0) is 12.6. The molecule has 2 rings (SSSR count). The number of phenolic OH excluding ortho intramolecular Hbond substituents is 1. The molecule has 0 aliphatic rings. The van der Waals surface area contributed by atoms with E-state index in [9.17, 15) is 9.90 Å². The maximum atomic E-state index is 10.9. The van der Waals surface area contributed by atoms with E-state index in [0.717, 1.165) is 5.56 Å². The number of phenols is 1. The number of carboxylic acids is 1. The second-order valence-corrected chi connectivity index (χ2v) is 3.85. The fraction of sp³-hybridized carbons (Fsp3) is 0.167. The second-order valence-electron chi connectivity index (χ2n) is 3.85. The minimum Gasteiger partial charge on any atom is -0.506 e. The average Bonchev–Trinajstić information content (AvgIpc) is 2.60. The number of hydrogen-bond acceptors (Lipinski definition) is 3. The molecule has 5 nitrogen and oxygen atoms in total. The van der Waals surface area contributed by atoms with Crippen molar-refractivity contribution < 1.29 is 15.0 Å². The number of carboxylic acid groups (broad SMARTS) is 1. The number of aromatic hydroxyl groups is 1. The Hall–Kier alpha value is -2.30. The molecule has 0 atom stereocenters. The molecule has 0 bridgehead atoms. The normalized spacial score (nSPS) is 10.5. The highest BCUT2D eigenvalue weighted by molar-refractivity contribution is 5.88. The molecule has 0 unspecified atom stereocenters. The molecular formula is C12H12N2O3. The van der Waals surface area contributed by atoms with Crippen molar-refractivity contribution in [2.24, 2.45) is 0 Å². The monoisotopic (exact) mass is 232 g/mol. The molecule has 0 amide bonds. The second kappa shape index (κ2) is 3.93. The van der Waals surface area contributed by atoms with Gasteiger partial charge in [0.15, 0.2) is 0 Å². The first-order valence-electron chi connectivity index (χ1n) is 5.08. The van der Waals surface area contributed by atoms with Crippen LogP contribution in [0.3, 0.4) is 0 Å². The van der Waals surface area contributed by atoms with Gasteiger partial charge in [-0.3, -0.25) is 0 Å². The van der Waals surface area contributed by atoms with Crippen LogP contribution in [-0.4, -0.2) is 26.0 Å². The first-order chi connectivity index (χ1) is 8.00. The lowest BCUT2D eigenvalue weighted by atomic mass is 10.2. The summed E-state index contributed by atoms with van der Waals surface area (Å²) < 4.78 is 1.41. The third kappa shape index (κ3) is 1.87. The van der Waals surface area contributed by atoms with Gasteiger partial charge < -0.3 is 10.2 Å². The molecule has 2 N–H and O–H groups in total. The number of carbonyl (C=O) groups is 1. The molecule has 2 aromatic rings. The predicted octanol–water partition coefficient (Wildman–Crippen LogP) is 1.89. The van der Waals surface area contributed by atoms with Gasteiger partial charge in [0, 0.05) is 0 Å². The van der Waals surface area contributed by atoms with E-state index < -0.39 is 5.97 Å². The Morgan fingerprint density at radius 2 is 2.06 bits per heavy atom. The molecule has 0 spiro atoms. The smallest absolute Gasteiger partial charge is 0.339 e. The van der Waals surface area contributed by atoms with Gasteiger partial charge in [-0.2, -0.15) is 5.10 Å². The average molecular weight is 232 g/mol. The zero-order valence-electron chi connectivity index (χ0n) is 9.51. The highest BCUT2D eigenvalue weighted by Gasteiger charge is 2.15. The molecule has 1 aromatic carbocycles. The molecule has 1 heterocycles. The first kappa shape index (κ1) is 11.2. The van der Waals surface area contributed by atoms with Gasteiger partial charge in [0.05, 0.1) is 11.9 Å². The molecular weight excluding hydrogens is 220 g/mol. The molecule has 0 saturated carbocycles. The summed E-state index contributed by atoms with van der Waals surface area (Å²) in [5.41, 5.74) is 2.01. The molecule has 0 saturated heterocycles.